The summed E-state index contributed by atoms with van der Waals surface area (Å²) in [5.74, 6) is -0.517. The summed E-state index contributed by atoms with van der Waals surface area (Å²) in [4.78, 5) is 23.7. The molecule has 0 aliphatic rings. The average molecular weight is 531 g/mol. The predicted octanol–water partition coefficient (Wildman–Crippen LogP) is 4.12. The van der Waals surface area contributed by atoms with Crippen molar-refractivity contribution in [2.45, 2.75) is 154 Å². The van der Waals surface area contributed by atoms with Gasteiger partial charge in [0, 0.05) is 26.1 Å². The van der Waals surface area contributed by atoms with Gasteiger partial charge >= 0.3 is 0 Å². The molecule has 0 rings (SSSR count). The van der Waals surface area contributed by atoms with E-state index in [0.717, 1.165) is 57.9 Å². The molecule has 0 saturated carbocycles. The quantitative estimate of drug-likeness (QED) is 0.0884. The summed E-state index contributed by atoms with van der Waals surface area (Å²) in [5, 5.41) is 43.3. The van der Waals surface area contributed by atoms with Gasteiger partial charge in [-0.15, -0.1) is 0 Å². The van der Waals surface area contributed by atoms with Crippen molar-refractivity contribution in [1.29, 1.82) is 0 Å². The topological polar surface area (TPSA) is 139 Å². The van der Waals surface area contributed by atoms with Crippen LogP contribution in [-0.2, 0) is 9.59 Å². The van der Waals surface area contributed by atoms with Crippen LogP contribution in [0.25, 0.3) is 0 Å². The first-order valence-corrected chi connectivity index (χ1v) is 15.1. The standard InChI is InChI=1S/C29H58N2O6/c1-2-3-4-5-6-9-12-15-18-22-30-26(34)20-17-14-11-8-7-10-13-16-19-23-31-29(37)28(36)27(35)25(33)21-24-32/h25,27-28,32-33,35-36H,2-24H2,1H3,(H,30,34)(H,31,37)/t25-,27+,28-/m1/s1. The monoisotopic (exact) mass is 530 g/mol. The molecule has 0 aromatic heterocycles. The minimum absolute atomic E-state index is 0.0969. The third-order valence-corrected chi connectivity index (χ3v) is 6.89. The Hall–Kier alpha value is -1.22. The van der Waals surface area contributed by atoms with Crippen molar-refractivity contribution < 1.29 is 30.0 Å². The van der Waals surface area contributed by atoms with E-state index in [1.807, 2.05) is 0 Å². The molecule has 8 nitrogen and oxygen atoms in total. The van der Waals surface area contributed by atoms with Crippen molar-refractivity contribution in [3.05, 3.63) is 0 Å². The summed E-state index contributed by atoms with van der Waals surface area (Å²) < 4.78 is 0. The van der Waals surface area contributed by atoms with Gasteiger partial charge in [-0.05, 0) is 25.7 Å². The fraction of sp³-hybridized carbons (Fsp3) is 0.931. The Morgan fingerprint density at radius 2 is 1.05 bits per heavy atom. The third-order valence-electron chi connectivity index (χ3n) is 6.89. The van der Waals surface area contributed by atoms with Crippen LogP contribution < -0.4 is 10.6 Å². The van der Waals surface area contributed by atoms with Gasteiger partial charge < -0.3 is 31.1 Å². The van der Waals surface area contributed by atoms with E-state index in [1.54, 1.807) is 0 Å². The Bertz CT molecular complexity index is 535. The number of hydrogen-bond donors (Lipinski definition) is 6. The zero-order chi connectivity index (χ0) is 27.6. The van der Waals surface area contributed by atoms with E-state index in [2.05, 4.69) is 17.6 Å². The van der Waals surface area contributed by atoms with Gasteiger partial charge in [0.05, 0.1) is 6.10 Å². The number of nitrogens with one attached hydrogen (secondary N) is 2. The second-order valence-electron chi connectivity index (χ2n) is 10.4. The average Bonchev–Trinajstić information content (AvgIpc) is 2.89. The first-order chi connectivity index (χ1) is 17.9. The highest BCUT2D eigenvalue weighted by Crippen LogP contribution is 2.11. The van der Waals surface area contributed by atoms with E-state index in [-0.39, 0.29) is 18.9 Å². The number of aliphatic hydroxyl groups is 4. The molecule has 0 bridgehead atoms. The lowest BCUT2D eigenvalue weighted by atomic mass is 10.0. The Labute approximate surface area is 226 Å². The molecule has 3 atom stereocenters. The fourth-order valence-electron chi connectivity index (χ4n) is 4.38. The molecule has 0 saturated heterocycles. The normalized spacial score (nSPS) is 13.8. The van der Waals surface area contributed by atoms with Crippen LogP contribution in [0.1, 0.15) is 135 Å². The highest BCUT2D eigenvalue weighted by atomic mass is 16.4. The molecule has 0 aliphatic heterocycles. The van der Waals surface area contributed by atoms with Gasteiger partial charge in [0.1, 0.15) is 6.10 Å². The van der Waals surface area contributed by atoms with E-state index in [1.165, 1.54) is 64.2 Å². The first-order valence-electron chi connectivity index (χ1n) is 15.1. The van der Waals surface area contributed by atoms with E-state index in [9.17, 15) is 24.9 Å². The highest BCUT2D eigenvalue weighted by molar-refractivity contribution is 5.81. The van der Waals surface area contributed by atoms with Crippen LogP contribution in [0.3, 0.4) is 0 Å². The molecule has 0 aromatic rings. The van der Waals surface area contributed by atoms with Crippen molar-refractivity contribution in [2.75, 3.05) is 19.7 Å². The fourth-order valence-corrected chi connectivity index (χ4v) is 4.38. The van der Waals surface area contributed by atoms with Crippen molar-refractivity contribution >= 4 is 11.8 Å². The van der Waals surface area contributed by atoms with Crippen molar-refractivity contribution in [2.24, 2.45) is 0 Å². The van der Waals surface area contributed by atoms with Gasteiger partial charge in [-0.3, -0.25) is 9.59 Å². The Morgan fingerprint density at radius 1 is 0.622 bits per heavy atom. The number of amides is 2. The molecule has 2 amide bonds. The molecule has 37 heavy (non-hydrogen) atoms. The molecule has 8 heteroatoms. The molecule has 0 unspecified atom stereocenters. The lowest BCUT2D eigenvalue weighted by Crippen LogP contribution is -2.47. The van der Waals surface area contributed by atoms with Gasteiger partial charge in [0.15, 0.2) is 6.10 Å². The van der Waals surface area contributed by atoms with Gasteiger partial charge in [-0.25, -0.2) is 0 Å². The van der Waals surface area contributed by atoms with E-state index < -0.39 is 24.2 Å². The number of unbranched alkanes of at least 4 members (excludes halogenated alkanes) is 16. The highest BCUT2D eigenvalue weighted by Gasteiger charge is 2.29. The molecular formula is C29H58N2O6. The minimum Gasteiger partial charge on any atom is -0.396 e. The first kappa shape index (κ1) is 35.8. The zero-order valence-corrected chi connectivity index (χ0v) is 23.6. The number of aliphatic hydroxyl groups excluding tert-OH is 4. The summed E-state index contributed by atoms with van der Waals surface area (Å²) in [6.07, 6.45) is 17.1. The van der Waals surface area contributed by atoms with Gasteiger partial charge in [0.25, 0.3) is 5.91 Å². The molecule has 0 spiro atoms. The SMILES string of the molecule is CCCCCCCCCCCNC(=O)CCCCCCCCCCCNC(=O)[C@H](O)[C@@H](O)[C@H](O)CCO. The molecule has 6 N–H and O–H groups in total. The second kappa shape index (κ2) is 26.4. The van der Waals surface area contributed by atoms with Crippen LogP contribution in [0.4, 0.5) is 0 Å². The van der Waals surface area contributed by atoms with Gasteiger partial charge in [-0.1, -0.05) is 103 Å². The van der Waals surface area contributed by atoms with Crippen LogP contribution in [0, 0.1) is 0 Å². The largest absolute Gasteiger partial charge is 0.396 e. The maximum atomic E-state index is 11.9. The van der Waals surface area contributed by atoms with Crippen LogP contribution in [0.2, 0.25) is 0 Å². The Kier molecular flexibility index (Phi) is 25.5. The van der Waals surface area contributed by atoms with Crippen LogP contribution in [0.5, 0.6) is 0 Å². The summed E-state index contributed by atoms with van der Waals surface area (Å²) in [7, 11) is 0. The number of carbonyl (C=O) groups is 2. The van der Waals surface area contributed by atoms with Gasteiger partial charge in [0.2, 0.25) is 5.91 Å². The molecule has 0 radical (unpaired) electrons. The molecule has 0 aromatic carbocycles. The second-order valence-corrected chi connectivity index (χ2v) is 10.4. The Morgan fingerprint density at radius 3 is 1.54 bits per heavy atom. The lowest BCUT2D eigenvalue weighted by molar-refractivity contribution is -0.141. The number of rotatable bonds is 27. The summed E-state index contributed by atoms with van der Waals surface area (Å²) in [5.41, 5.74) is 0. The predicted molar refractivity (Wildman–Crippen MR) is 149 cm³/mol. The van der Waals surface area contributed by atoms with E-state index >= 15 is 0 Å². The molecular weight excluding hydrogens is 472 g/mol. The molecule has 0 heterocycles. The minimum atomic E-state index is -1.70. The Balaban J connectivity index is 3.40. The molecule has 0 fully saturated rings. The van der Waals surface area contributed by atoms with E-state index in [4.69, 9.17) is 5.11 Å². The third kappa shape index (κ3) is 22.5. The summed E-state index contributed by atoms with van der Waals surface area (Å²) in [6, 6.07) is 0. The van der Waals surface area contributed by atoms with Crippen LogP contribution in [0.15, 0.2) is 0 Å². The lowest BCUT2D eigenvalue weighted by Gasteiger charge is -2.21. The molecule has 0 aliphatic carbocycles. The van der Waals surface area contributed by atoms with Crippen molar-refractivity contribution in [3.63, 3.8) is 0 Å². The van der Waals surface area contributed by atoms with Gasteiger partial charge in [-0.2, -0.15) is 0 Å². The van der Waals surface area contributed by atoms with Crippen molar-refractivity contribution in [1.82, 2.24) is 10.6 Å². The van der Waals surface area contributed by atoms with E-state index in [0.29, 0.717) is 13.0 Å². The van der Waals surface area contributed by atoms with Crippen molar-refractivity contribution in [3.8, 4) is 0 Å². The summed E-state index contributed by atoms with van der Waals surface area (Å²) >= 11 is 0. The maximum absolute atomic E-state index is 11.9. The molecule has 220 valence electrons. The summed E-state index contributed by atoms with van der Waals surface area (Å²) in [6.45, 7) is 3.15. The number of carbonyl (C=O) groups excluding carboxylic acids is 2. The van der Waals surface area contributed by atoms with Crippen LogP contribution >= 0.6 is 0 Å². The maximum Gasteiger partial charge on any atom is 0.251 e. The smallest absolute Gasteiger partial charge is 0.251 e. The number of hydrogen-bond acceptors (Lipinski definition) is 6. The zero-order valence-electron chi connectivity index (χ0n) is 23.6. The van der Waals surface area contributed by atoms with Crippen LogP contribution in [-0.4, -0.2) is 70.2 Å².